The molecule has 1 unspecified atom stereocenters. The lowest BCUT2D eigenvalue weighted by Gasteiger charge is -2.16. The third kappa shape index (κ3) is 3.72. The predicted molar refractivity (Wildman–Crippen MR) is 79.8 cm³/mol. The number of aryl methyl sites for hydroxylation is 1. The summed E-state index contributed by atoms with van der Waals surface area (Å²) >= 11 is 12.1. The lowest BCUT2D eigenvalue weighted by atomic mass is 10.0. The fourth-order valence-corrected chi connectivity index (χ4v) is 2.54. The van der Waals surface area contributed by atoms with Crippen LogP contribution in [-0.4, -0.2) is 16.3 Å². The van der Waals surface area contributed by atoms with Crippen LogP contribution in [-0.2, 0) is 13.5 Å². The number of hydrogen-bond acceptors (Lipinski definition) is 2. The lowest BCUT2D eigenvalue weighted by molar-refractivity contribution is 0.528. The molecule has 1 heterocycles. The Hall–Kier alpha value is -1.03. The van der Waals surface area contributed by atoms with Crippen molar-refractivity contribution >= 4 is 23.2 Å². The molecule has 0 saturated carbocycles. The van der Waals surface area contributed by atoms with Crippen molar-refractivity contribution in [3.05, 3.63) is 51.8 Å². The fourth-order valence-electron chi connectivity index (χ4n) is 2.05. The first-order chi connectivity index (χ1) is 9.10. The zero-order chi connectivity index (χ0) is 13.8. The summed E-state index contributed by atoms with van der Waals surface area (Å²) in [4.78, 5) is 0. The van der Waals surface area contributed by atoms with Crippen LogP contribution in [0.5, 0.6) is 0 Å². The van der Waals surface area contributed by atoms with Gasteiger partial charge in [0.1, 0.15) is 0 Å². The van der Waals surface area contributed by atoms with E-state index in [1.54, 1.807) is 6.07 Å². The number of benzene rings is 1. The third-order valence-electron chi connectivity index (χ3n) is 2.98. The van der Waals surface area contributed by atoms with E-state index in [1.165, 1.54) is 0 Å². The molecular weight excluding hydrogens is 281 g/mol. The summed E-state index contributed by atoms with van der Waals surface area (Å²) in [7, 11) is 1.92. The van der Waals surface area contributed by atoms with Gasteiger partial charge in [0.2, 0.25) is 0 Å². The fraction of sp³-hybridized carbons (Fsp3) is 0.357. The first-order valence-corrected chi connectivity index (χ1v) is 7.02. The second-order valence-corrected chi connectivity index (χ2v) is 5.31. The van der Waals surface area contributed by atoms with E-state index < -0.39 is 0 Å². The van der Waals surface area contributed by atoms with Crippen molar-refractivity contribution in [2.75, 3.05) is 6.54 Å². The summed E-state index contributed by atoms with van der Waals surface area (Å²) in [5, 5.41) is 9.25. The molecule has 2 rings (SSSR count). The Morgan fingerprint density at radius 2 is 2.11 bits per heavy atom. The monoisotopic (exact) mass is 297 g/mol. The van der Waals surface area contributed by atoms with Crippen LogP contribution in [0.25, 0.3) is 0 Å². The highest BCUT2D eigenvalue weighted by molar-refractivity contribution is 6.35. The van der Waals surface area contributed by atoms with Crippen molar-refractivity contribution in [3.63, 3.8) is 0 Å². The molecule has 3 nitrogen and oxygen atoms in total. The van der Waals surface area contributed by atoms with E-state index in [0.29, 0.717) is 10.0 Å². The molecule has 0 spiro atoms. The van der Waals surface area contributed by atoms with Crippen LogP contribution in [0.4, 0.5) is 0 Å². The Bertz CT molecular complexity index is 551. The highest BCUT2D eigenvalue weighted by atomic mass is 35.5. The van der Waals surface area contributed by atoms with Crippen molar-refractivity contribution in [1.29, 1.82) is 0 Å². The van der Waals surface area contributed by atoms with Crippen molar-refractivity contribution < 1.29 is 0 Å². The van der Waals surface area contributed by atoms with Gasteiger partial charge in [-0.15, -0.1) is 0 Å². The van der Waals surface area contributed by atoms with E-state index in [0.717, 1.165) is 24.2 Å². The van der Waals surface area contributed by atoms with Gasteiger partial charge in [0, 0.05) is 23.3 Å². The molecular formula is C14H17Cl2N3. The quantitative estimate of drug-likeness (QED) is 0.913. The Labute approximate surface area is 123 Å². The summed E-state index contributed by atoms with van der Waals surface area (Å²) in [5.41, 5.74) is 2.10. The van der Waals surface area contributed by atoms with Gasteiger partial charge in [-0.1, -0.05) is 36.2 Å². The van der Waals surface area contributed by atoms with E-state index in [2.05, 4.69) is 17.3 Å². The van der Waals surface area contributed by atoms with Crippen molar-refractivity contribution in [1.82, 2.24) is 15.1 Å². The summed E-state index contributed by atoms with van der Waals surface area (Å²) in [6.07, 6.45) is 2.74. The average Bonchev–Trinajstić information content (AvgIpc) is 2.78. The van der Waals surface area contributed by atoms with Crippen molar-refractivity contribution in [2.45, 2.75) is 19.4 Å². The number of nitrogens with one attached hydrogen (secondary N) is 1. The molecule has 0 radical (unpaired) electrons. The van der Waals surface area contributed by atoms with Crippen LogP contribution in [0.1, 0.15) is 24.2 Å². The molecule has 1 aromatic carbocycles. The molecule has 1 atom stereocenters. The predicted octanol–water partition coefficient (Wildman–Crippen LogP) is 3.62. The number of hydrogen-bond donors (Lipinski definition) is 1. The topological polar surface area (TPSA) is 29.9 Å². The van der Waals surface area contributed by atoms with Gasteiger partial charge in [-0.2, -0.15) is 5.10 Å². The van der Waals surface area contributed by atoms with Gasteiger partial charge in [0.15, 0.2) is 0 Å². The largest absolute Gasteiger partial charge is 0.309 e. The lowest BCUT2D eigenvalue weighted by Crippen LogP contribution is -2.23. The molecule has 2 aromatic rings. The van der Waals surface area contributed by atoms with E-state index in [1.807, 2.05) is 36.1 Å². The van der Waals surface area contributed by atoms with Crippen LogP contribution in [0.3, 0.4) is 0 Å². The van der Waals surface area contributed by atoms with Crippen LogP contribution in [0, 0.1) is 0 Å². The van der Waals surface area contributed by atoms with Crippen LogP contribution in [0.15, 0.2) is 30.5 Å². The van der Waals surface area contributed by atoms with Crippen molar-refractivity contribution in [3.8, 4) is 0 Å². The van der Waals surface area contributed by atoms with E-state index in [-0.39, 0.29) is 6.04 Å². The van der Waals surface area contributed by atoms with Gasteiger partial charge in [0.05, 0.1) is 11.7 Å². The normalized spacial score (nSPS) is 12.6. The maximum Gasteiger partial charge on any atom is 0.0797 e. The molecule has 0 aliphatic heterocycles. The van der Waals surface area contributed by atoms with Gasteiger partial charge < -0.3 is 5.32 Å². The van der Waals surface area contributed by atoms with Crippen molar-refractivity contribution in [2.24, 2.45) is 7.05 Å². The highest BCUT2D eigenvalue weighted by Gasteiger charge is 2.15. The number of nitrogens with zero attached hydrogens (tertiary/aromatic N) is 2. The first kappa shape index (κ1) is 14.4. The average molecular weight is 298 g/mol. The minimum absolute atomic E-state index is 0.157. The van der Waals surface area contributed by atoms with E-state index in [9.17, 15) is 0 Å². The molecule has 0 saturated heterocycles. The number of rotatable bonds is 5. The zero-order valence-corrected chi connectivity index (χ0v) is 12.5. The first-order valence-electron chi connectivity index (χ1n) is 6.27. The van der Waals surface area contributed by atoms with Crippen LogP contribution < -0.4 is 5.32 Å². The van der Waals surface area contributed by atoms with E-state index >= 15 is 0 Å². The summed E-state index contributed by atoms with van der Waals surface area (Å²) < 4.78 is 1.81. The maximum absolute atomic E-state index is 6.23. The second kappa shape index (κ2) is 6.42. The Morgan fingerprint density at radius 1 is 1.32 bits per heavy atom. The molecule has 5 heteroatoms. The Morgan fingerprint density at radius 3 is 2.68 bits per heavy atom. The summed E-state index contributed by atoms with van der Waals surface area (Å²) in [6.45, 7) is 2.96. The number of likely N-dealkylation sites (N-methyl/N-ethyl adjacent to an activating group) is 1. The van der Waals surface area contributed by atoms with Gasteiger partial charge in [-0.3, -0.25) is 4.68 Å². The number of halogens is 2. The van der Waals surface area contributed by atoms with Gasteiger partial charge >= 0.3 is 0 Å². The standard InChI is InChI=1S/C14H17Cl2N3/c1-3-17-14(13-6-7-19(2)18-13)8-10-4-5-11(15)9-12(10)16/h4-7,9,14,17H,3,8H2,1-2H3. The summed E-state index contributed by atoms with van der Waals surface area (Å²) in [6, 6.07) is 7.80. The molecule has 0 amide bonds. The minimum atomic E-state index is 0.157. The summed E-state index contributed by atoms with van der Waals surface area (Å²) in [5.74, 6) is 0. The van der Waals surface area contributed by atoms with Gasteiger partial charge in [-0.05, 0) is 36.7 Å². The SMILES string of the molecule is CCNC(Cc1ccc(Cl)cc1Cl)c1ccn(C)n1. The highest BCUT2D eigenvalue weighted by Crippen LogP contribution is 2.25. The molecule has 0 fully saturated rings. The maximum atomic E-state index is 6.23. The molecule has 19 heavy (non-hydrogen) atoms. The minimum Gasteiger partial charge on any atom is -0.309 e. The van der Waals surface area contributed by atoms with Crippen LogP contribution >= 0.6 is 23.2 Å². The van der Waals surface area contributed by atoms with Gasteiger partial charge in [0.25, 0.3) is 0 Å². The molecule has 1 aromatic heterocycles. The van der Waals surface area contributed by atoms with Crippen LogP contribution in [0.2, 0.25) is 10.0 Å². The number of aromatic nitrogens is 2. The smallest absolute Gasteiger partial charge is 0.0797 e. The molecule has 0 aliphatic carbocycles. The Kier molecular flexibility index (Phi) is 4.86. The zero-order valence-electron chi connectivity index (χ0n) is 11.0. The van der Waals surface area contributed by atoms with Gasteiger partial charge in [-0.25, -0.2) is 0 Å². The Balaban J connectivity index is 2.21. The molecule has 102 valence electrons. The molecule has 1 N–H and O–H groups in total. The third-order valence-corrected chi connectivity index (χ3v) is 3.57. The molecule has 0 aliphatic rings. The second-order valence-electron chi connectivity index (χ2n) is 4.46. The molecule has 0 bridgehead atoms. The van der Waals surface area contributed by atoms with E-state index in [4.69, 9.17) is 23.2 Å².